The van der Waals surface area contributed by atoms with Crippen LogP contribution in [0, 0.1) is 19.8 Å². The molecule has 0 atom stereocenters. The number of carbonyl (C=O) groups excluding carboxylic acids is 2. The first kappa shape index (κ1) is 21.8. The highest BCUT2D eigenvalue weighted by Crippen LogP contribution is 2.20. The highest BCUT2D eigenvalue weighted by atomic mass is 16.6. The molecular weight excluding hydrogens is 382 g/mol. The molecule has 0 unspecified atom stereocenters. The van der Waals surface area contributed by atoms with Crippen molar-refractivity contribution in [3.8, 4) is 5.69 Å². The van der Waals surface area contributed by atoms with Crippen molar-refractivity contribution in [1.29, 1.82) is 0 Å². The minimum atomic E-state index is -0.506. The second kappa shape index (κ2) is 8.85. The number of aromatic nitrogens is 3. The summed E-state index contributed by atoms with van der Waals surface area (Å²) in [5.74, 6) is 0.232. The van der Waals surface area contributed by atoms with E-state index >= 15 is 0 Å². The Bertz CT molecular complexity index is 908. The molecule has 1 fully saturated rings. The number of hydrogen-bond acceptors (Lipinski definition) is 5. The van der Waals surface area contributed by atoms with Crippen molar-refractivity contribution in [3.05, 3.63) is 41.2 Å². The van der Waals surface area contributed by atoms with Crippen molar-refractivity contribution in [2.45, 2.75) is 53.1 Å². The van der Waals surface area contributed by atoms with Crippen LogP contribution in [-0.4, -0.2) is 57.1 Å². The third kappa shape index (κ3) is 5.37. The second-order valence-corrected chi connectivity index (χ2v) is 8.89. The fraction of sp³-hybridized carbons (Fsp3) is 0.545. The van der Waals surface area contributed by atoms with Gasteiger partial charge in [0.05, 0.1) is 11.4 Å². The first-order chi connectivity index (χ1) is 14.1. The number of piperidine rings is 1. The van der Waals surface area contributed by atoms with Gasteiger partial charge >= 0.3 is 6.09 Å². The maximum Gasteiger partial charge on any atom is 0.407 e. The smallest absolute Gasteiger partial charge is 0.407 e. The standard InChI is InChI=1S/C22H31N5O3/c1-15-7-6-8-18(13-15)27-16(2)19(24-25-27)20(28)26-11-9-17(10-12-26)14-23-21(29)30-22(3,4)5/h6-8,13,17H,9-12,14H2,1-5H3,(H,23,29). The zero-order chi connectivity index (χ0) is 21.9. The molecule has 0 saturated carbocycles. The zero-order valence-electron chi connectivity index (χ0n) is 18.4. The molecule has 1 N–H and O–H groups in total. The summed E-state index contributed by atoms with van der Waals surface area (Å²) in [7, 11) is 0. The van der Waals surface area contributed by atoms with Gasteiger partial charge in [-0.25, -0.2) is 9.48 Å². The van der Waals surface area contributed by atoms with Gasteiger partial charge < -0.3 is 15.0 Å². The number of amides is 2. The summed E-state index contributed by atoms with van der Waals surface area (Å²) in [4.78, 5) is 26.6. The summed E-state index contributed by atoms with van der Waals surface area (Å²) in [5.41, 5.74) is 2.64. The molecule has 3 rings (SSSR count). The van der Waals surface area contributed by atoms with E-state index in [4.69, 9.17) is 4.74 Å². The van der Waals surface area contributed by atoms with Gasteiger partial charge in [-0.2, -0.15) is 0 Å². The van der Waals surface area contributed by atoms with Gasteiger partial charge in [-0.1, -0.05) is 17.3 Å². The summed E-state index contributed by atoms with van der Waals surface area (Å²) >= 11 is 0. The Balaban J connectivity index is 1.55. The van der Waals surface area contributed by atoms with Gasteiger partial charge in [0.15, 0.2) is 5.69 Å². The number of likely N-dealkylation sites (tertiary alicyclic amines) is 1. The van der Waals surface area contributed by atoms with Crippen molar-refractivity contribution >= 4 is 12.0 Å². The van der Waals surface area contributed by atoms with Crippen molar-refractivity contribution in [3.63, 3.8) is 0 Å². The summed E-state index contributed by atoms with van der Waals surface area (Å²) in [6.45, 7) is 11.2. The van der Waals surface area contributed by atoms with Crippen LogP contribution in [-0.2, 0) is 4.74 Å². The molecule has 2 aromatic rings. The van der Waals surface area contributed by atoms with E-state index in [2.05, 4.69) is 15.6 Å². The molecule has 0 aliphatic carbocycles. The van der Waals surface area contributed by atoms with Crippen molar-refractivity contribution in [1.82, 2.24) is 25.2 Å². The summed E-state index contributed by atoms with van der Waals surface area (Å²) in [6, 6.07) is 7.94. The van der Waals surface area contributed by atoms with E-state index in [1.54, 1.807) is 4.68 Å². The number of rotatable bonds is 4. The van der Waals surface area contributed by atoms with Gasteiger partial charge in [0.1, 0.15) is 5.60 Å². The molecule has 2 amide bonds. The van der Waals surface area contributed by atoms with Gasteiger partial charge in [0, 0.05) is 19.6 Å². The minimum Gasteiger partial charge on any atom is -0.444 e. The Labute approximate surface area is 177 Å². The number of hydrogen-bond donors (Lipinski definition) is 1. The fourth-order valence-corrected chi connectivity index (χ4v) is 3.56. The van der Waals surface area contributed by atoms with Crippen LogP contribution >= 0.6 is 0 Å². The lowest BCUT2D eigenvalue weighted by molar-refractivity contribution is 0.0499. The molecule has 0 radical (unpaired) electrons. The molecule has 2 heterocycles. The van der Waals surface area contributed by atoms with Gasteiger partial charge in [0.2, 0.25) is 0 Å². The largest absolute Gasteiger partial charge is 0.444 e. The SMILES string of the molecule is Cc1cccc(-n2nnc(C(=O)N3CCC(CNC(=O)OC(C)(C)C)CC3)c2C)c1. The number of nitrogens with zero attached hydrogens (tertiary/aromatic N) is 4. The second-order valence-electron chi connectivity index (χ2n) is 8.89. The topological polar surface area (TPSA) is 89.4 Å². The molecule has 1 aliphatic rings. The van der Waals surface area contributed by atoms with Crippen LogP contribution in [0.2, 0.25) is 0 Å². The molecule has 162 valence electrons. The lowest BCUT2D eigenvalue weighted by Crippen LogP contribution is -2.42. The van der Waals surface area contributed by atoms with E-state index in [0.29, 0.717) is 31.2 Å². The van der Waals surface area contributed by atoms with Crippen molar-refractivity contribution in [2.75, 3.05) is 19.6 Å². The molecule has 8 heteroatoms. The van der Waals surface area contributed by atoms with E-state index in [1.165, 1.54) is 0 Å². The Hall–Kier alpha value is -2.90. The number of alkyl carbamates (subject to hydrolysis) is 1. The quantitative estimate of drug-likeness (QED) is 0.831. The average molecular weight is 414 g/mol. The van der Waals surface area contributed by atoms with Crippen LogP contribution in [0.15, 0.2) is 24.3 Å². The maximum absolute atomic E-state index is 13.0. The predicted molar refractivity (Wildman–Crippen MR) is 114 cm³/mol. The molecule has 1 aromatic carbocycles. The molecule has 0 spiro atoms. The predicted octanol–water partition coefficient (Wildman–Crippen LogP) is 3.26. The number of carbonyl (C=O) groups is 2. The summed E-state index contributed by atoms with van der Waals surface area (Å²) in [5, 5.41) is 11.2. The van der Waals surface area contributed by atoms with Crippen LogP contribution in [0.4, 0.5) is 4.79 Å². The maximum atomic E-state index is 13.0. The third-order valence-corrected chi connectivity index (χ3v) is 5.18. The van der Waals surface area contributed by atoms with E-state index in [0.717, 1.165) is 29.8 Å². The first-order valence-corrected chi connectivity index (χ1v) is 10.4. The average Bonchev–Trinajstić information content (AvgIpc) is 3.06. The minimum absolute atomic E-state index is 0.0926. The van der Waals surface area contributed by atoms with E-state index in [1.807, 2.05) is 63.8 Å². The Morgan fingerprint density at radius 1 is 1.20 bits per heavy atom. The Kier molecular flexibility index (Phi) is 6.43. The molecule has 1 saturated heterocycles. The van der Waals surface area contributed by atoms with Gasteiger partial charge in [-0.15, -0.1) is 5.10 Å². The van der Waals surface area contributed by atoms with Crippen LogP contribution in [0.1, 0.15) is 55.4 Å². The zero-order valence-corrected chi connectivity index (χ0v) is 18.4. The highest BCUT2D eigenvalue weighted by molar-refractivity contribution is 5.93. The molecular formula is C22H31N5O3. The Morgan fingerprint density at radius 2 is 1.90 bits per heavy atom. The van der Waals surface area contributed by atoms with Gasteiger partial charge in [-0.3, -0.25) is 4.79 Å². The normalized spacial score (nSPS) is 15.2. The Morgan fingerprint density at radius 3 is 2.53 bits per heavy atom. The summed E-state index contributed by atoms with van der Waals surface area (Å²) < 4.78 is 6.98. The van der Waals surface area contributed by atoms with Crippen LogP contribution in [0.5, 0.6) is 0 Å². The lowest BCUT2D eigenvalue weighted by atomic mass is 9.96. The summed E-state index contributed by atoms with van der Waals surface area (Å²) in [6.07, 6.45) is 1.25. The number of nitrogens with one attached hydrogen (secondary N) is 1. The van der Waals surface area contributed by atoms with Gasteiger partial charge in [0.25, 0.3) is 5.91 Å². The van der Waals surface area contributed by atoms with Gasteiger partial charge in [-0.05, 0) is 71.1 Å². The van der Waals surface area contributed by atoms with Crippen molar-refractivity contribution < 1.29 is 14.3 Å². The van der Waals surface area contributed by atoms with E-state index in [-0.39, 0.29) is 5.91 Å². The van der Waals surface area contributed by atoms with Crippen LogP contribution < -0.4 is 5.32 Å². The number of benzene rings is 1. The third-order valence-electron chi connectivity index (χ3n) is 5.18. The molecule has 1 aromatic heterocycles. The molecule has 8 nitrogen and oxygen atoms in total. The lowest BCUT2D eigenvalue weighted by Gasteiger charge is -2.32. The van der Waals surface area contributed by atoms with Crippen molar-refractivity contribution in [2.24, 2.45) is 5.92 Å². The van der Waals surface area contributed by atoms with Crippen LogP contribution in [0.25, 0.3) is 5.69 Å². The first-order valence-electron chi connectivity index (χ1n) is 10.4. The number of aryl methyl sites for hydroxylation is 1. The molecule has 1 aliphatic heterocycles. The van der Waals surface area contributed by atoms with Crippen LogP contribution in [0.3, 0.4) is 0 Å². The monoisotopic (exact) mass is 413 g/mol. The molecule has 30 heavy (non-hydrogen) atoms. The molecule has 0 bridgehead atoms. The van der Waals surface area contributed by atoms with E-state index in [9.17, 15) is 9.59 Å². The van der Waals surface area contributed by atoms with E-state index < -0.39 is 11.7 Å². The highest BCUT2D eigenvalue weighted by Gasteiger charge is 2.28. The fourth-order valence-electron chi connectivity index (χ4n) is 3.56. The number of ether oxygens (including phenoxy) is 1.